The number of esters is 1. The fourth-order valence-electron chi connectivity index (χ4n) is 4.17. The molecule has 1 unspecified atom stereocenters. The van der Waals surface area contributed by atoms with Gasteiger partial charge in [-0.05, 0) is 30.4 Å². The van der Waals surface area contributed by atoms with E-state index in [1.807, 2.05) is 24.3 Å². The molecule has 0 fully saturated rings. The van der Waals surface area contributed by atoms with Crippen LogP contribution in [-0.4, -0.2) is 15.9 Å². The average Bonchev–Trinajstić information content (AvgIpc) is 2.86. The quantitative estimate of drug-likeness (QED) is 0.126. The molecule has 2 aromatic rings. The minimum atomic E-state index is -0.424. The maximum Gasteiger partial charge on any atom is 0.338 e. The first-order valence-electron chi connectivity index (χ1n) is 13.5. The van der Waals surface area contributed by atoms with Gasteiger partial charge in [0.2, 0.25) is 0 Å². The van der Waals surface area contributed by atoms with Crippen molar-refractivity contribution in [1.29, 1.82) is 0 Å². The Bertz CT molecular complexity index is 802. The van der Waals surface area contributed by atoms with Crippen LogP contribution in [0.5, 0.6) is 6.01 Å². The Hall–Kier alpha value is -2.49. The topological polar surface area (TPSA) is 52.1 Å². The zero-order chi connectivity index (χ0) is 24.3. The molecule has 1 aromatic carbocycles. The van der Waals surface area contributed by atoms with E-state index in [1.54, 1.807) is 12.4 Å². The van der Waals surface area contributed by atoms with E-state index in [0.29, 0.717) is 0 Å². The van der Waals surface area contributed by atoms with Crippen molar-refractivity contribution >= 4 is 5.97 Å². The normalized spacial score (nSPS) is 12.2. The van der Waals surface area contributed by atoms with Crippen molar-refractivity contribution in [3.63, 3.8) is 0 Å². The van der Waals surface area contributed by atoms with Gasteiger partial charge in [-0.15, -0.1) is 0 Å². The second kappa shape index (κ2) is 17.9. The molecular weight excluding hydrogens is 420 g/mol. The fraction of sp³-hybridized carbons (Fsp3) is 0.567. The molecule has 1 atom stereocenters. The zero-order valence-corrected chi connectivity index (χ0v) is 21.4. The standard InChI is InChI=1S/C30H44N2O2/c1-3-5-7-9-10-12-14-18-26-24-31-30(32-25-26)34-29(33)23-22-28(21-15-11-8-6-4-2)27-19-16-13-17-20-27/h13,16-17,19-20,22-25,28H,3-12,14-15,18,21H2,1-2H3/b23-22+. The highest BCUT2D eigenvalue weighted by atomic mass is 16.5. The summed E-state index contributed by atoms with van der Waals surface area (Å²) in [5.41, 5.74) is 2.32. The monoisotopic (exact) mass is 464 g/mol. The summed E-state index contributed by atoms with van der Waals surface area (Å²) in [6, 6.07) is 10.5. The van der Waals surface area contributed by atoms with E-state index in [1.165, 1.54) is 75.8 Å². The van der Waals surface area contributed by atoms with Crippen LogP contribution in [0.4, 0.5) is 0 Å². The summed E-state index contributed by atoms with van der Waals surface area (Å²) in [5.74, 6) is -0.215. The maximum absolute atomic E-state index is 12.4. The van der Waals surface area contributed by atoms with Crippen LogP contribution in [0, 0.1) is 0 Å². The van der Waals surface area contributed by atoms with E-state index in [9.17, 15) is 4.79 Å². The number of aryl methyl sites for hydroxylation is 1. The smallest absolute Gasteiger partial charge is 0.338 e. The van der Waals surface area contributed by atoms with Crippen molar-refractivity contribution in [1.82, 2.24) is 9.97 Å². The van der Waals surface area contributed by atoms with Gasteiger partial charge in [0.05, 0.1) is 0 Å². The summed E-state index contributed by atoms with van der Waals surface area (Å²) in [7, 11) is 0. The number of carbonyl (C=O) groups excluding carboxylic acids is 1. The van der Waals surface area contributed by atoms with E-state index in [4.69, 9.17) is 4.74 Å². The molecule has 0 bridgehead atoms. The number of benzene rings is 1. The van der Waals surface area contributed by atoms with Gasteiger partial charge in [-0.2, -0.15) is 0 Å². The lowest BCUT2D eigenvalue weighted by atomic mass is 9.92. The molecule has 1 aromatic heterocycles. The Morgan fingerprint density at radius 2 is 1.41 bits per heavy atom. The highest BCUT2D eigenvalue weighted by Gasteiger charge is 2.10. The Labute approximate surface area is 207 Å². The maximum atomic E-state index is 12.4. The third kappa shape index (κ3) is 12.1. The van der Waals surface area contributed by atoms with Crippen LogP contribution in [-0.2, 0) is 11.2 Å². The molecule has 0 aliphatic carbocycles. The molecule has 0 aliphatic rings. The van der Waals surface area contributed by atoms with Crippen molar-refractivity contribution in [2.24, 2.45) is 0 Å². The zero-order valence-electron chi connectivity index (χ0n) is 21.4. The molecule has 0 saturated heterocycles. The van der Waals surface area contributed by atoms with Crippen LogP contribution in [0.15, 0.2) is 54.9 Å². The van der Waals surface area contributed by atoms with E-state index in [2.05, 4.69) is 35.9 Å². The second-order valence-corrected chi connectivity index (χ2v) is 9.25. The number of hydrogen-bond donors (Lipinski definition) is 0. The van der Waals surface area contributed by atoms with Gasteiger partial charge in [0.25, 0.3) is 0 Å². The Morgan fingerprint density at radius 1 is 0.824 bits per heavy atom. The van der Waals surface area contributed by atoms with Gasteiger partial charge in [-0.1, -0.05) is 121 Å². The summed E-state index contributed by atoms with van der Waals surface area (Å²) in [6.07, 6.45) is 24.2. The summed E-state index contributed by atoms with van der Waals surface area (Å²) >= 11 is 0. The van der Waals surface area contributed by atoms with Crippen LogP contribution in [0.3, 0.4) is 0 Å². The van der Waals surface area contributed by atoms with Gasteiger partial charge < -0.3 is 4.74 Å². The largest absolute Gasteiger partial charge is 0.388 e. The number of carbonyl (C=O) groups is 1. The molecule has 4 nitrogen and oxygen atoms in total. The third-order valence-electron chi connectivity index (χ3n) is 6.25. The Morgan fingerprint density at radius 3 is 2.06 bits per heavy atom. The lowest BCUT2D eigenvalue weighted by molar-refractivity contribution is -0.129. The van der Waals surface area contributed by atoms with E-state index in [-0.39, 0.29) is 11.9 Å². The van der Waals surface area contributed by atoms with E-state index in [0.717, 1.165) is 31.2 Å². The van der Waals surface area contributed by atoms with Crippen molar-refractivity contribution in [3.8, 4) is 6.01 Å². The second-order valence-electron chi connectivity index (χ2n) is 9.25. The van der Waals surface area contributed by atoms with E-state index >= 15 is 0 Å². The highest BCUT2D eigenvalue weighted by molar-refractivity contribution is 5.83. The molecule has 0 spiro atoms. The van der Waals surface area contributed by atoms with Crippen molar-refractivity contribution < 1.29 is 9.53 Å². The van der Waals surface area contributed by atoms with Crippen molar-refractivity contribution in [2.75, 3.05) is 0 Å². The summed E-state index contributed by atoms with van der Waals surface area (Å²) in [5, 5.41) is 0. The van der Waals surface area contributed by atoms with Crippen LogP contribution in [0.25, 0.3) is 0 Å². The number of allylic oxidation sites excluding steroid dienone is 1. The predicted octanol–water partition coefficient (Wildman–Crippen LogP) is 8.38. The molecule has 2 rings (SSSR count). The number of ether oxygens (including phenoxy) is 1. The molecule has 0 aliphatic heterocycles. The number of aromatic nitrogens is 2. The van der Waals surface area contributed by atoms with E-state index < -0.39 is 5.97 Å². The van der Waals surface area contributed by atoms with Crippen molar-refractivity contribution in [3.05, 3.63) is 66.0 Å². The lowest BCUT2D eigenvalue weighted by Gasteiger charge is -2.13. The van der Waals surface area contributed by atoms with Gasteiger partial charge in [0.15, 0.2) is 0 Å². The van der Waals surface area contributed by atoms with Gasteiger partial charge in [-0.25, -0.2) is 14.8 Å². The molecule has 4 heteroatoms. The van der Waals surface area contributed by atoms with Gasteiger partial charge in [-0.3, -0.25) is 0 Å². The Kier molecular flexibility index (Phi) is 14.6. The average molecular weight is 465 g/mol. The number of hydrogen-bond acceptors (Lipinski definition) is 4. The highest BCUT2D eigenvalue weighted by Crippen LogP contribution is 2.24. The van der Waals surface area contributed by atoms with Gasteiger partial charge >= 0.3 is 12.0 Å². The van der Waals surface area contributed by atoms with Crippen LogP contribution in [0.1, 0.15) is 114 Å². The lowest BCUT2D eigenvalue weighted by Crippen LogP contribution is -2.08. The number of nitrogens with zero attached hydrogens (tertiary/aromatic N) is 2. The SMILES string of the molecule is CCCCCCCCCc1cnc(OC(=O)/C=C/C(CCCCCCC)c2ccccc2)nc1. The summed E-state index contributed by atoms with van der Waals surface area (Å²) < 4.78 is 5.35. The van der Waals surface area contributed by atoms with Crippen LogP contribution >= 0.6 is 0 Å². The summed E-state index contributed by atoms with van der Waals surface area (Å²) in [6.45, 7) is 4.48. The fourth-order valence-corrected chi connectivity index (χ4v) is 4.17. The first-order chi connectivity index (χ1) is 16.7. The molecule has 0 amide bonds. The van der Waals surface area contributed by atoms with Crippen LogP contribution in [0.2, 0.25) is 0 Å². The van der Waals surface area contributed by atoms with Crippen molar-refractivity contribution in [2.45, 2.75) is 110 Å². The third-order valence-corrected chi connectivity index (χ3v) is 6.25. The number of unbranched alkanes of at least 4 members (excludes halogenated alkanes) is 10. The first-order valence-corrected chi connectivity index (χ1v) is 13.5. The molecule has 0 saturated carbocycles. The predicted molar refractivity (Wildman–Crippen MR) is 141 cm³/mol. The van der Waals surface area contributed by atoms with Crippen LogP contribution < -0.4 is 4.74 Å². The molecular formula is C30H44N2O2. The first kappa shape index (κ1) is 27.8. The molecule has 1 heterocycles. The number of rotatable bonds is 18. The minimum absolute atomic E-state index is 0.119. The Balaban J connectivity index is 1.78. The minimum Gasteiger partial charge on any atom is -0.388 e. The molecule has 34 heavy (non-hydrogen) atoms. The molecule has 0 radical (unpaired) electrons. The molecule has 0 N–H and O–H groups in total. The molecule has 186 valence electrons. The van der Waals surface area contributed by atoms with Gasteiger partial charge in [0, 0.05) is 24.4 Å². The van der Waals surface area contributed by atoms with Gasteiger partial charge in [0.1, 0.15) is 0 Å². The summed E-state index contributed by atoms with van der Waals surface area (Å²) in [4.78, 5) is 20.8.